The number of carbonyl (C=O) groups is 1. The predicted molar refractivity (Wildman–Crippen MR) is 142 cm³/mol. The molecule has 2 aromatic rings. The molecule has 0 bridgehead atoms. The Morgan fingerprint density at radius 2 is 1.92 bits per heavy atom. The van der Waals surface area contributed by atoms with Crippen molar-refractivity contribution in [3.8, 4) is 0 Å². The molecule has 2 amide bonds. The molecule has 0 unspecified atom stereocenters. The summed E-state index contributed by atoms with van der Waals surface area (Å²) in [5.74, 6) is 0. The number of benzene rings is 2. The lowest BCUT2D eigenvalue weighted by Gasteiger charge is -2.39. The molecule has 1 aliphatic heterocycles. The SMILES string of the molecule is C=CCN(C[C@H]1C[C@@H](c2ccc(CO)cc2)O[C@@H](c2cccc(NC(=O)NCC)c2)O1)C1CCCC1. The third kappa shape index (κ3) is 6.95. The lowest BCUT2D eigenvalue weighted by molar-refractivity contribution is -0.253. The van der Waals surface area contributed by atoms with Crippen LogP contribution in [0.15, 0.2) is 61.2 Å². The smallest absolute Gasteiger partial charge is 0.319 e. The van der Waals surface area contributed by atoms with Crippen LogP contribution in [0, 0.1) is 0 Å². The average molecular weight is 494 g/mol. The predicted octanol–water partition coefficient (Wildman–Crippen LogP) is 5.30. The van der Waals surface area contributed by atoms with Crippen LogP contribution < -0.4 is 10.6 Å². The summed E-state index contributed by atoms with van der Waals surface area (Å²) in [6, 6.07) is 15.9. The summed E-state index contributed by atoms with van der Waals surface area (Å²) >= 11 is 0. The highest BCUT2D eigenvalue weighted by molar-refractivity contribution is 5.89. The monoisotopic (exact) mass is 493 g/mol. The van der Waals surface area contributed by atoms with Gasteiger partial charge in [-0.3, -0.25) is 4.90 Å². The van der Waals surface area contributed by atoms with Gasteiger partial charge in [-0.25, -0.2) is 4.79 Å². The second-order valence-electron chi connectivity index (χ2n) is 9.64. The van der Waals surface area contributed by atoms with Crippen molar-refractivity contribution in [3.63, 3.8) is 0 Å². The molecule has 7 nitrogen and oxygen atoms in total. The lowest BCUT2D eigenvalue weighted by atomic mass is 9.99. The first kappa shape index (κ1) is 26.4. The molecule has 1 saturated heterocycles. The fourth-order valence-electron chi connectivity index (χ4n) is 5.20. The van der Waals surface area contributed by atoms with Crippen LogP contribution in [0.2, 0.25) is 0 Å². The summed E-state index contributed by atoms with van der Waals surface area (Å²) in [6.45, 7) is 8.11. The zero-order valence-electron chi connectivity index (χ0n) is 21.2. The Morgan fingerprint density at radius 3 is 2.61 bits per heavy atom. The van der Waals surface area contributed by atoms with Gasteiger partial charge in [0.15, 0.2) is 6.29 Å². The van der Waals surface area contributed by atoms with E-state index in [-0.39, 0.29) is 24.8 Å². The van der Waals surface area contributed by atoms with Crippen LogP contribution in [0.4, 0.5) is 10.5 Å². The number of rotatable bonds is 10. The van der Waals surface area contributed by atoms with Crippen molar-refractivity contribution >= 4 is 11.7 Å². The minimum atomic E-state index is -0.559. The molecule has 2 aromatic carbocycles. The third-order valence-electron chi connectivity index (χ3n) is 7.01. The van der Waals surface area contributed by atoms with E-state index >= 15 is 0 Å². The second kappa shape index (κ2) is 13.0. The van der Waals surface area contributed by atoms with Gasteiger partial charge in [0.05, 0.1) is 18.8 Å². The molecule has 1 saturated carbocycles. The van der Waals surface area contributed by atoms with Crippen molar-refractivity contribution in [1.82, 2.24) is 10.2 Å². The second-order valence-corrected chi connectivity index (χ2v) is 9.64. The molecule has 3 N–H and O–H groups in total. The largest absolute Gasteiger partial charge is 0.392 e. The zero-order chi connectivity index (χ0) is 25.3. The molecular weight excluding hydrogens is 454 g/mol. The van der Waals surface area contributed by atoms with Gasteiger partial charge in [0.2, 0.25) is 0 Å². The molecule has 0 spiro atoms. The molecule has 2 aliphatic rings. The Morgan fingerprint density at radius 1 is 1.14 bits per heavy atom. The minimum Gasteiger partial charge on any atom is -0.392 e. The standard InChI is InChI=1S/C29H39N3O4/c1-3-16-32(25-10-5-6-11-25)19-26-18-27(22-14-12-21(20-33)13-15-22)36-28(35-26)23-8-7-9-24(17-23)31-29(34)30-4-2/h3,7-9,12-15,17,25-28,33H,1,4-6,10-11,16,18-20H2,2H3,(H2,30,31,34)/t26-,27+,28+/m1/s1. The van der Waals surface area contributed by atoms with Gasteiger partial charge in [-0.2, -0.15) is 0 Å². The molecule has 2 fully saturated rings. The maximum absolute atomic E-state index is 12.0. The van der Waals surface area contributed by atoms with E-state index in [4.69, 9.17) is 9.47 Å². The topological polar surface area (TPSA) is 83.1 Å². The molecule has 1 heterocycles. The van der Waals surface area contributed by atoms with Crippen molar-refractivity contribution in [1.29, 1.82) is 0 Å². The number of nitrogens with zero attached hydrogens (tertiary/aromatic N) is 1. The van der Waals surface area contributed by atoms with Crippen molar-refractivity contribution in [2.24, 2.45) is 0 Å². The Labute approximate surface area is 214 Å². The first-order valence-corrected chi connectivity index (χ1v) is 13.1. The Bertz CT molecular complexity index is 990. The number of anilines is 1. The average Bonchev–Trinajstić information content (AvgIpc) is 3.44. The number of urea groups is 1. The molecule has 194 valence electrons. The van der Waals surface area contributed by atoms with E-state index < -0.39 is 6.29 Å². The number of aliphatic hydroxyl groups excluding tert-OH is 1. The number of aliphatic hydroxyl groups is 1. The normalized spacial score (nSPS) is 22.5. The van der Waals surface area contributed by atoms with Crippen LogP contribution in [0.25, 0.3) is 0 Å². The van der Waals surface area contributed by atoms with Crippen molar-refractivity contribution < 1.29 is 19.4 Å². The molecule has 1 aliphatic carbocycles. The fourth-order valence-corrected chi connectivity index (χ4v) is 5.20. The quantitative estimate of drug-likeness (QED) is 0.392. The van der Waals surface area contributed by atoms with Gasteiger partial charge in [0.1, 0.15) is 0 Å². The molecule has 4 rings (SSSR count). The maximum atomic E-state index is 12.0. The van der Waals surface area contributed by atoms with Crippen LogP contribution in [0.5, 0.6) is 0 Å². The van der Waals surface area contributed by atoms with E-state index in [1.54, 1.807) is 0 Å². The number of nitrogens with one attached hydrogen (secondary N) is 2. The number of carbonyl (C=O) groups excluding carboxylic acids is 1. The summed E-state index contributed by atoms with van der Waals surface area (Å²) in [5.41, 5.74) is 3.50. The van der Waals surface area contributed by atoms with Crippen LogP contribution >= 0.6 is 0 Å². The Balaban J connectivity index is 1.56. The Hall–Kier alpha value is -2.71. The minimum absolute atomic E-state index is 0.0173. The number of hydrogen-bond donors (Lipinski definition) is 3. The number of amides is 2. The van der Waals surface area contributed by atoms with E-state index in [9.17, 15) is 9.90 Å². The summed E-state index contributed by atoms with van der Waals surface area (Å²) in [7, 11) is 0. The molecule has 7 heteroatoms. The highest BCUT2D eigenvalue weighted by Crippen LogP contribution is 2.39. The van der Waals surface area contributed by atoms with E-state index in [0.29, 0.717) is 18.3 Å². The van der Waals surface area contributed by atoms with Gasteiger partial charge >= 0.3 is 6.03 Å². The summed E-state index contributed by atoms with van der Waals surface area (Å²) < 4.78 is 13.0. The third-order valence-corrected chi connectivity index (χ3v) is 7.01. The first-order valence-electron chi connectivity index (χ1n) is 13.1. The number of ether oxygens (including phenoxy) is 2. The summed E-state index contributed by atoms with van der Waals surface area (Å²) in [4.78, 5) is 14.5. The summed E-state index contributed by atoms with van der Waals surface area (Å²) in [6.07, 6.45) is 7.00. The van der Waals surface area contributed by atoms with Gasteiger partial charge in [0, 0.05) is 43.3 Å². The highest BCUT2D eigenvalue weighted by atomic mass is 16.7. The highest BCUT2D eigenvalue weighted by Gasteiger charge is 2.34. The number of hydrogen-bond acceptors (Lipinski definition) is 5. The fraction of sp³-hybridized carbons (Fsp3) is 0.483. The van der Waals surface area contributed by atoms with Crippen molar-refractivity contribution in [2.75, 3.05) is 25.0 Å². The molecule has 0 radical (unpaired) electrons. The van der Waals surface area contributed by atoms with Gasteiger partial charge in [-0.1, -0.05) is 55.3 Å². The maximum Gasteiger partial charge on any atom is 0.319 e. The van der Waals surface area contributed by atoms with Crippen molar-refractivity contribution in [3.05, 3.63) is 77.9 Å². The van der Waals surface area contributed by atoms with E-state index in [1.807, 2.05) is 61.5 Å². The van der Waals surface area contributed by atoms with E-state index in [0.717, 1.165) is 36.2 Å². The molecular formula is C29H39N3O4. The van der Waals surface area contributed by atoms with Gasteiger partial charge in [-0.15, -0.1) is 6.58 Å². The molecule has 3 atom stereocenters. The first-order chi connectivity index (χ1) is 17.6. The van der Waals surface area contributed by atoms with Gasteiger partial charge < -0.3 is 25.2 Å². The van der Waals surface area contributed by atoms with E-state index in [1.165, 1.54) is 25.7 Å². The van der Waals surface area contributed by atoms with Crippen LogP contribution in [-0.2, 0) is 16.1 Å². The van der Waals surface area contributed by atoms with Crippen LogP contribution in [-0.4, -0.2) is 47.8 Å². The van der Waals surface area contributed by atoms with Crippen LogP contribution in [0.3, 0.4) is 0 Å². The van der Waals surface area contributed by atoms with E-state index in [2.05, 4.69) is 22.1 Å². The molecule has 0 aromatic heterocycles. The van der Waals surface area contributed by atoms with Crippen molar-refractivity contribution in [2.45, 2.75) is 70.2 Å². The lowest BCUT2D eigenvalue weighted by Crippen LogP contribution is -2.43. The summed E-state index contributed by atoms with van der Waals surface area (Å²) in [5, 5.41) is 15.1. The van der Waals surface area contributed by atoms with Gasteiger partial charge in [-0.05, 0) is 43.0 Å². The molecule has 36 heavy (non-hydrogen) atoms. The van der Waals surface area contributed by atoms with Crippen LogP contribution in [0.1, 0.15) is 68.1 Å². The Kier molecular flexibility index (Phi) is 9.53. The van der Waals surface area contributed by atoms with Gasteiger partial charge in [0.25, 0.3) is 0 Å². The zero-order valence-corrected chi connectivity index (χ0v) is 21.2.